The second kappa shape index (κ2) is 5.94. The molecule has 1 aliphatic carbocycles. The molecule has 0 spiro atoms. The first-order chi connectivity index (χ1) is 11.3. The smallest absolute Gasteiger partial charge is 0.273 e. The quantitative estimate of drug-likeness (QED) is 0.844. The molecule has 2 aromatic heterocycles. The normalized spacial score (nSPS) is 17.5. The Labute approximate surface area is 133 Å². The van der Waals surface area contributed by atoms with E-state index in [-0.39, 0.29) is 5.91 Å². The van der Waals surface area contributed by atoms with Crippen LogP contribution in [-0.2, 0) is 12.8 Å². The Morgan fingerprint density at radius 1 is 1.30 bits per heavy atom. The van der Waals surface area contributed by atoms with Crippen molar-refractivity contribution in [2.45, 2.75) is 25.7 Å². The number of anilines is 1. The fourth-order valence-corrected chi connectivity index (χ4v) is 3.16. The number of hydrogen-bond donors (Lipinski definition) is 2. The number of aryl methyl sites for hydroxylation is 2. The highest BCUT2D eigenvalue weighted by atomic mass is 16.2. The number of rotatable bonds is 4. The van der Waals surface area contributed by atoms with Gasteiger partial charge in [-0.25, -0.2) is 0 Å². The summed E-state index contributed by atoms with van der Waals surface area (Å²) in [5, 5.41) is 21.4. The van der Waals surface area contributed by atoms with Crippen LogP contribution in [0.25, 0.3) is 0 Å². The molecular weight excluding hydrogens is 294 g/mol. The van der Waals surface area contributed by atoms with E-state index in [1.165, 1.54) is 24.6 Å². The van der Waals surface area contributed by atoms with Crippen LogP contribution in [0.5, 0.6) is 0 Å². The lowest BCUT2D eigenvalue weighted by molar-refractivity contribution is 0.0939. The lowest BCUT2D eigenvalue weighted by Crippen LogP contribution is -2.52. The number of amides is 1. The Balaban J connectivity index is 1.29. The number of fused-ring (bicyclic) bond motifs is 1. The molecule has 1 aliphatic heterocycles. The van der Waals surface area contributed by atoms with Crippen molar-refractivity contribution in [3.63, 3.8) is 0 Å². The van der Waals surface area contributed by atoms with Gasteiger partial charge in [0.15, 0.2) is 11.5 Å². The average Bonchev–Trinajstić information content (AvgIpc) is 3.07. The van der Waals surface area contributed by atoms with Crippen LogP contribution in [0.4, 0.5) is 5.82 Å². The van der Waals surface area contributed by atoms with Crippen molar-refractivity contribution in [2.24, 2.45) is 5.92 Å². The van der Waals surface area contributed by atoms with Crippen molar-refractivity contribution in [3.05, 3.63) is 29.2 Å². The van der Waals surface area contributed by atoms with E-state index in [0.29, 0.717) is 18.2 Å². The summed E-state index contributed by atoms with van der Waals surface area (Å²) in [7, 11) is 0. The summed E-state index contributed by atoms with van der Waals surface area (Å²) in [5.74, 6) is 1.21. The van der Waals surface area contributed by atoms with E-state index in [2.05, 4.69) is 41.9 Å². The van der Waals surface area contributed by atoms with Gasteiger partial charge >= 0.3 is 0 Å². The Kier molecular flexibility index (Phi) is 3.64. The van der Waals surface area contributed by atoms with Crippen LogP contribution in [0.3, 0.4) is 0 Å². The predicted molar refractivity (Wildman–Crippen MR) is 83.1 cm³/mol. The maximum absolute atomic E-state index is 11.8. The number of carbonyl (C=O) groups is 1. The molecule has 2 aromatic rings. The number of carbonyl (C=O) groups excluding carboxylic acids is 1. The molecule has 3 heterocycles. The van der Waals surface area contributed by atoms with Gasteiger partial charge in [-0.05, 0) is 37.3 Å². The molecule has 1 fully saturated rings. The zero-order chi connectivity index (χ0) is 15.6. The van der Waals surface area contributed by atoms with E-state index in [1.54, 1.807) is 0 Å². The predicted octanol–water partition coefficient (Wildman–Crippen LogP) is 0.340. The molecule has 0 unspecified atom stereocenters. The third-order valence-electron chi connectivity index (χ3n) is 4.54. The number of aromatic nitrogens is 5. The highest BCUT2D eigenvalue weighted by Gasteiger charge is 2.29. The van der Waals surface area contributed by atoms with Crippen LogP contribution in [0.2, 0.25) is 0 Å². The first kappa shape index (κ1) is 14.1. The van der Waals surface area contributed by atoms with Gasteiger partial charge in [-0.3, -0.25) is 4.79 Å². The second-order valence-electron chi connectivity index (χ2n) is 6.22. The number of H-pyrrole nitrogens is 1. The summed E-state index contributed by atoms with van der Waals surface area (Å²) in [5.41, 5.74) is 2.84. The molecule has 1 saturated heterocycles. The maximum atomic E-state index is 11.8. The van der Waals surface area contributed by atoms with Gasteiger partial charge in [0.25, 0.3) is 5.91 Å². The van der Waals surface area contributed by atoms with Crippen LogP contribution in [0.1, 0.15) is 34.6 Å². The molecule has 0 atom stereocenters. The van der Waals surface area contributed by atoms with Gasteiger partial charge in [-0.2, -0.15) is 20.5 Å². The third-order valence-corrected chi connectivity index (χ3v) is 4.54. The molecule has 8 nitrogen and oxygen atoms in total. The minimum absolute atomic E-state index is 0.189. The molecule has 0 aromatic carbocycles. The summed E-state index contributed by atoms with van der Waals surface area (Å²) < 4.78 is 0. The topological polar surface area (TPSA) is 99.7 Å². The first-order valence-electron chi connectivity index (χ1n) is 8.04. The number of aromatic amines is 1. The van der Waals surface area contributed by atoms with Gasteiger partial charge in [0.1, 0.15) is 0 Å². The molecule has 1 amide bonds. The van der Waals surface area contributed by atoms with Crippen molar-refractivity contribution < 1.29 is 4.79 Å². The van der Waals surface area contributed by atoms with E-state index in [0.717, 1.165) is 37.4 Å². The Bertz CT molecular complexity index is 694. The van der Waals surface area contributed by atoms with Gasteiger partial charge in [0.2, 0.25) is 0 Å². The maximum Gasteiger partial charge on any atom is 0.273 e. The minimum atomic E-state index is -0.189. The number of nitrogens with zero attached hydrogens (tertiary/aromatic N) is 5. The van der Waals surface area contributed by atoms with Crippen LogP contribution in [0.15, 0.2) is 12.3 Å². The van der Waals surface area contributed by atoms with Crippen LogP contribution in [0, 0.1) is 5.92 Å². The van der Waals surface area contributed by atoms with E-state index in [1.807, 2.05) is 0 Å². The second-order valence-corrected chi connectivity index (χ2v) is 6.22. The molecule has 23 heavy (non-hydrogen) atoms. The van der Waals surface area contributed by atoms with E-state index in [9.17, 15) is 4.79 Å². The molecular formula is C15H19N7O. The van der Waals surface area contributed by atoms with E-state index < -0.39 is 0 Å². The van der Waals surface area contributed by atoms with Crippen LogP contribution >= 0.6 is 0 Å². The monoisotopic (exact) mass is 313 g/mol. The minimum Gasteiger partial charge on any atom is -0.354 e. The molecule has 2 aliphatic rings. The lowest BCUT2D eigenvalue weighted by Gasteiger charge is -2.40. The Morgan fingerprint density at radius 2 is 2.17 bits per heavy atom. The largest absolute Gasteiger partial charge is 0.354 e. The molecule has 0 bridgehead atoms. The Morgan fingerprint density at radius 3 is 3.00 bits per heavy atom. The van der Waals surface area contributed by atoms with Crippen molar-refractivity contribution in [1.29, 1.82) is 0 Å². The summed E-state index contributed by atoms with van der Waals surface area (Å²) in [4.78, 5) is 14.0. The third kappa shape index (κ3) is 2.88. The zero-order valence-electron chi connectivity index (χ0n) is 12.8. The number of nitrogens with one attached hydrogen (secondary N) is 2. The van der Waals surface area contributed by atoms with E-state index in [4.69, 9.17) is 0 Å². The fraction of sp³-hybridized carbons (Fsp3) is 0.533. The lowest BCUT2D eigenvalue weighted by atomic mass is 9.95. The zero-order valence-corrected chi connectivity index (χ0v) is 12.8. The van der Waals surface area contributed by atoms with Gasteiger partial charge < -0.3 is 10.2 Å². The SMILES string of the molecule is O=C(NCC1CN(c2cc3c(nn2)CCCC3)C1)c1cn[nH]n1. The van der Waals surface area contributed by atoms with Gasteiger partial charge in [0, 0.05) is 25.6 Å². The fourth-order valence-electron chi connectivity index (χ4n) is 3.16. The standard InChI is InChI=1S/C15H19N7O/c23-15(13-7-17-21-19-13)16-6-10-8-22(9-10)14-5-11-3-1-2-4-12(11)18-20-14/h5,7,10H,1-4,6,8-9H2,(H,16,23)(H,17,19,21). The first-order valence-corrected chi connectivity index (χ1v) is 8.04. The van der Waals surface area contributed by atoms with Gasteiger partial charge in [0.05, 0.1) is 11.9 Å². The van der Waals surface area contributed by atoms with Gasteiger partial charge in [-0.1, -0.05) is 0 Å². The summed E-state index contributed by atoms with van der Waals surface area (Å²) >= 11 is 0. The number of hydrogen-bond acceptors (Lipinski definition) is 6. The highest BCUT2D eigenvalue weighted by Crippen LogP contribution is 2.26. The molecule has 120 valence electrons. The van der Waals surface area contributed by atoms with Crippen molar-refractivity contribution in [2.75, 3.05) is 24.5 Å². The molecule has 0 radical (unpaired) electrons. The molecule has 4 rings (SSSR count). The summed E-state index contributed by atoms with van der Waals surface area (Å²) in [6.45, 7) is 2.43. The highest BCUT2D eigenvalue weighted by molar-refractivity contribution is 5.91. The van der Waals surface area contributed by atoms with Crippen molar-refractivity contribution >= 4 is 11.7 Å². The average molecular weight is 313 g/mol. The van der Waals surface area contributed by atoms with Crippen LogP contribution < -0.4 is 10.2 Å². The van der Waals surface area contributed by atoms with Crippen molar-refractivity contribution in [3.8, 4) is 0 Å². The molecule has 8 heteroatoms. The summed E-state index contributed by atoms with van der Waals surface area (Å²) in [6, 6.07) is 2.19. The Hall–Kier alpha value is -2.51. The van der Waals surface area contributed by atoms with Gasteiger partial charge in [-0.15, -0.1) is 5.10 Å². The molecule has 0 saturated carbocycles. The van der Waals surface area contributed by atoms with Crippen LogP contribution in [-0.4, -0.2) is 51.1 Å². The van der Waals surface area contributed by atoms with Crippen molar-refractivity contribution in [1.82, 2.24) is 30.9 Å². The van der Waals surface area contributed by atoms with E-state index >= 15 is 0 Å². The molecule has 2 N–H and O–H groups in total. The summed E-state index contributed by atoms with van der Waals surface area (Å²) in [6.07, 6.45) is 6.06.